The van der Waals surface area contributed by atoms with Gasteiger partial charge in [0.15, 0.2) is 5.84 Å². The first kappa shape index (κ1) is 16.1. The number of nitrogens with one attached hydrogen (secondary N) is 2. The van der Waals surface area contributed by atoms with Crippen LogP contribution in [0.25, 0.3) is 0 Å². The number of unbranched alkanes of at least 4 members (excludes halogenated alkanes) is 1. The highest BCUT2D eigenvalue weighted by atomic mass is 19.4. The van der Waals surface area contributed by atoms with Gasteiger partial charge >= 0.3 is 6.18 Å². The third-order valence-corrected chi connectivity index (χ3v) is 3.02. The predicted molar refractivity (Wildman–Crippen MR) is 74.5 cm³/mol. The van der Waals surface area contributed by atoms with E-state index in [1.54, 1.807) is 0 Å². The fourth-order valence-electron chi connectivity index (χ4n) is 1.88. The van der Waals surface area contributed by atoms with Crippen molar-refractivity contribution < 1.29 is 22.7 Å². The molecular weight excluding hydrogens is 299 g/mol. The zero-order valence-electron chi connectivity index (χ0n) is 12.0. The van der Waals surface area contributed by atoms with Crippen molar-refractivity contribution in [2.75, 3.05) is 13.2 Å². The first-order valence-corrected chi connectivity index (χ1v) is 6.86. The highest BCUT2D eigenvalue weighted by molar-refractivity contribution is 6.03. The summed E-state index contributed by atoms with van der Waals surface area (Å²) in [5.74, 6) is -0.366. The van der Waals surface area contributed by atoms with Gasteiger partial charge in [-0.1, -0.05) is 13.3 Å². The Morgan fingerprint density at radius 1 is 1.36 bits per heavy atom. The summed E-state index contributed by atoms with van der Waals surface area (Å²) >= 11 is 0. The number of carbonyl (C=O) groups excluding carboxylic acids is 1. The zero-order chi connectivity index (χ0) is 16.2. The molecule has 8 heteroatoms. The molecule has 0 spiro atoms. The summed E-state index contributed by atoms with van der Waals surface area (Å²) < 4.78 is 44.7. The van der Waals surface area contributed by atoms with Crippen molar-refractivity contribution in [3.05, 3.63) is 29.3 Å². The van der Waals surface area contributed by atoms with Crippen molar-refractivity contribution >= 4 is 11.7 Å². The molecule has 2 rings (SSSR count). The number of carbonyl (C=O) groups is 1. The summed E-state index contributed by atoms with van der Waals surface area (Å²) in [5.41, 5.74) is 1.59. The van der Waals surface area contributed by atoms with E-state index in [-0.39, 0.29) is 36.2 Å². The molecule has 1 amide bonds. The summed E-state index contributed by atoms with van der Waals surface area (Å²) in [7, 11) is 0. The Morgan fingerprint density at radius 3 is 2.73 bits per heavy atom. The summed E-state index contributed by atoms with van der Waals surface area (Å²) in [4.78, 5) is 11.0. The highest BCUT2D eigenvalue weighted by Crippen LogP contribution is 2.37. The molecule has 1 aliphatic heterocycles. The van der Waals surface area contributed by atoms with Gasteiger partial charge in [-0.05, 0) is 24.6 Å². The lowest BCUT2D eigenvalue weighted by molar-refractivity contribution is -0.139. The molecule has 22 heavy (non-hydrogen) atoms. The molecule has 1 aromatic rings. The highest BCUT2D eigenvalue weighted by Gasteiger charge is 2.35. The van der Waals surface area contributed by atoms with Gasteiger partial charge in [0.1, 0.15) is 5.75 Å². The monoisotopic (exact) mass is 315 g/mol. The topological polar surface area (TPSA) is 62.7 Å². The molecule has 0 radical (unpaired) electrons. The van der Waals surface area contributed by atoms with Crippen LogP contribution < -0.4 is 15.5 Å². The summed E-state index contributed by atoms with van der Waals surface area (Å²) in [6, 6.07) is 3.71. The molecule has 0 saturated carbocycles. The molecule has 120 valence electrons. The van der Waals surface area contributed by atoms with E-state index in [9.17, 15) is 18.0 Å². The van der Waals surface area contributed by atoms with Crippen LogP contribution in [0.15, 0.2) is 23.3 Å². The molecule has 0 aliphatic carbocycles. The summed E-state index contributed by atoms with van der Waals surface area (Å²) in [5, 5.41) is 6.37. The number of nitrogens with zero attached hydrogens (tertiary/aromatic N) is 1. The van der Waals surface area contributed by atoms with E-state index in [1.807, 2.05) is 6.92 Å². The number of ether oxygens (including phenoxy) is 1. The van der Waals surface area contributed by atoms with Gasteiger partial charge in [-0.3, -0.25) is 4.79 Å². The molecule has 0 fully saturated rings. The second kappa shape index (κ2) is 6.67. The third kappa shape index (κ3) is 3.90. The fraction of sp³-hybridized carbons (Fsp3) is 0.429. The van der Waals surface area contributed by atoms with Crippen LogP contribution in [0.1, 0.15) is 30.9 Å². The first-order valence-electron chi connectivity index (χ1n) is 6.86. The van der Waals surface area contributed by atoms with Crippen LogP contribution in [0.2, 0.25) is 0 Å². The van der Waals surface area contributed by atoms with Gasteiger partial charge in [-0.2, -0.15) is 18.3 Å². The Morgan fingerprint density at radius 2 is 2.14 bits per heavy atom. The third-order valence-electron chi connectivity index (χ3n) is 3.02. The number of amidine groups is 1. The number of halogens is 3. The van der Waals surface area contributed by atoms with Crippen LogP contribution in [0, 0.1) is 0 Å². The van der Waals surface area contributed by atoms with Crippen LogP contribution in [0.5, 0.6) is 5.75 Å². The standard InChI is InChI=1S/C14H16F3N3O2/c1-2-3-6-22-11-5-4-9(7-10(11)14(15,16)17)13-18-8-12(21)19-20-13/h4-5,7H,2-3,6,8H2,1H3,(H,18,20)(H,19,21). The van der Waals surface area contributed by atoms with Gasteiger partial charge in [0.05, 0.1) is 18.7 Å². The largest absolute Gasteiger partial charge is 0.493 e. The molecule has 1 heterocycles. The maximum absolute atomic E-state index is 13.2. The van der Waals surface area contributed by atoms with E-state index >= 15 is 0 Å². The molecule has 0 saturated heterocycles. The van der Waals surface area contributed by atoms with Crippen molar-refractivity contribution in [1.82, 2.24) is 10.7 Å². The van der Waals surface area contributed by atoms with E-state index in [1.165, 1.54) is 12.1 Å². The number of hydrogen-bond acceptors (Lipinski definition) is 4. The lowest BCUT2D eigenvalue weighted by atomic mass is 10.1. The summed E-state index contributed by atoms with van der Waals surface area (Å²) in [6.07, 6.45) is -3.02. The molecule has 1 aromatic carbocycles. The van der Waals surface area contributed by atoms with Gasteiger partial charge in [0, 0.05) is 5.56 Å². The Labute approximate surface area is 125 Å². The lowest BCUT2D eigenvalue weighted by Crippen LogP contribution is -2.42. The first-order chi connectivity index (χ1) is 10.4. The van der Waals surface area contributed by atoms with Gasteiger partial charge in [0.25, 0.3) is 5.91 Å². The number of rotatable bonds is 5. The number of amides is 1. The van der Waals surface area contributed by atoms with Gasteiger partial charge in [-0.15, -0.1) is 0 Å². The van der Waals surface area contributed by atoms with E-state index in [0.29, 0.717) is 6.42 Å². The van der Waals surface area contributed by atoms with E-state index in [0.717, 1.165) is 12.5 Å². The fourth-order valence-corrected chi connectivity index (χ4v) is 1.88. The number of benzene rings is 1. The molecule has 0 unspecified atom stereocenters. The Kier molecular flexibility index (Phi) is 4.89. The van der Waals surface area contributed by atoms with Crippen molar-refractivity contribution in [2.24, 2.45) is 5.10 Å². The van der Waals surface area contributed by atoms with Gasteiger partial charge < -0.3 is 10.1 Å². The smallest absolute Gasteiger partial charge is 0.419 e. The van der Waals surface area contributed by atoms with Crippen LogP contribution in [-0.4, -0.2) is 24.9 Å². The van der Waals surface area contributed by atoms with Crippen LogP contribution >= 0.6 is 0 Å². The Balaban J connectivity index is 2.29. The number of hydrazone groups is 1. The molecule has 2 N–H and O–H groups in total. The zero-order valence-corrected chi connectivity index (χ0v) is 12.0. The lowest BCUT2D eigenvalue weighted by Gasteiger charge is -2.18. The Bertz CT molecular complexity index is 585. The number of hydrogen-bond donors (Lipinski definition) is 2. The maximum atomic E-state index is 13.2. The molecule has 1 aliphatic rings. The van der Waals surface area contributed by atoms with Crippen molar-refractivity contribution in [1.29, 1.82) is 0 Å². The van der Waals surface area contributed by atoms with Crippen molar-refractivity contribution in [2.45, 2.75) is 25.9 Å². The molecule has 0 atom stereocenters. The van der Waals surface area contributed by atoms with Crippen molar-refractivity contribution in [3.8, 4) is 5.75 Å². The van der Waals surface area contributed by atoms with Gasteiger partial charge in [-0.25, -0.2) is 5.43 Å². The predicted octanol–water partition coefficient (Wildman–Crippen LogP) is 2.27. The second-order valence-electron chi connectivity index (χ2n) is 4.76. The number of alkyl halides is 3. The molecular formula is C14H16F3N3O2. The van der Waals surface area contributed by atoms with E-state index < -0.39 is 11.7 Å². The SMILES string of the molecule is CCCCOc1ccc(C2=NNC(=O)CN2)cc1C(F)(F)F. The van der Waals surface area contributed by atoms with Gasteiger partial charge in [0.2, 0.25) is 0 Å². The second-order valence-corrected chi connectivity index (χ2v) is 4.76. The molecule has 5 nitrogen and oxygen atoms in total. The molecule has 0 bridgehead atoms. The van der Waals surface area contributed by atoms with E-state index in [2.05, 4.69) is 15.8 Å². The van der Waals surface area contributed by atoms with Crippen LogP contribution in [0.4, 0.5) is 13.2 Å². The van der Waals surface area contributed by atoms with Crippen LogP contribution in [-0.2, 0) is 11.0 Å². The minimum absolute atomic E-state index is 0.0328. The minimum atomic E-state index is -4.53. The van der Waals surface area contributed by atoms with Crippen molar-refractivity contribution in [3.63, 3.8) is 0 Å². The Hall–Kier alpha value is -2.25. The average Bonchev–Trinajstić information content (AvgIpc) is 2.47. The minimum Gasteiger partial charge on any atom is -0.493 e. The average molecular weight is 315 g/mol. The normalized spacial score (nSPS) is 14.9. The maximum Gasteiger partial charge on any atom is 0.419 e. The van der Waals surface area contributed by atoms with Crippen LogP contribution in [0.3, 0.4) is 0 Å². The van der Waals surface area contributed by atoms with E-state index in [4.69, 9.17) is 4.74 Å². The molecule has 0 aromatic heterocycles. The quantitative estimate of drug-likeness (QED) is 0.819. The summed E-state index contributed by atoms with van der Waals surface area (Å²) in [6.45, 7) is 2.13.